The molecule has 0 aliphatic heterocycles. The highest BCUT2D eigenvalue weighted by atomic mass is 16.1. The highest BCUT2D eigenvalue weighted by Crippen LogP contribution is 2.29. The molecule has 0 saturated heterocycles. The summed E-state index contributed by atoms with van der Waals surface area (Å²) in [5, 5.41) is 14.4. The zero-order chi connectivity index (χ0) is 21.8. The Labute approximate surface area is 181 Å². The number of hydrogen-bond acceptors (Lipinski definition) is 4. The summed E-state index contributed by atoms with van der Waals surface area (Å²) in [6.45, 7) is 7.79. The van der Waals surface area contributed by atoms with Crippen LogP contribution in [0.5, 0.6) is 0 Å². The van der Waals surface area contributed by atoms with E-state index < -0.39 is 0 Å². The van der Waals surface area contributed by atoms with Gasteiger partial charge in [0, 0.05) is 24.0 Å². The zero-order valence-electron chi connectivity index (χ0n) is 18.2. The van der Waals surface area contributed by atoms with Gasteiger partial charge in [0.2, 0.25) is 5.82 Å². The molecular formula is C24H28N6O. The van der Waals surface area contributed by atoms with Crippen LogP contribution in [0, 0.1) is 5.92 Å². The lowest BCUT2D eigenvalue weighted by Gasteiger charge is -2.11. The molecule has 31 heavy (non-hydrogen) atoms. The Balaban J connectivity index is 1.63. The molecule has 2 aromatic heterocycles. The average Bonchev–Trinajstić information content (AvgIpc) is 3.39. The Morgan fingerprint density at radius 2 is 1.77 bits per heavy atom. The summed E-state index contributed by atoms with van der Waals surface area (Å²) in [5.41, 5.74) is 5.31. The number of aromatic nitrogens is 6. The minimum atomic E-state index is 0.0732. The maximum Gasteiger partial charge on any atom is 0.328 e. The predicted molar refractivity (Wildman–Crippen MR) is 122 cm³/mol. The fraction of sp³-hybridized carbons (Fsp3) is 0.333. The molecule has 0 fully saturated rings. The van der Waals surface area contributed by atoms with Gasteiger partial charge in [-0.15, -0.1) is 10.2 Å². The molecule has 7 nitrogen and oxygen atoms in total. The summed E-state index contributed by atoms with van der Waals surface area (Å²) < 4.78 is 3.76. The molecule has 1 N–H and O–H groups in total. The summed E-state index contributed by atoms with van der Waals surface area (Å²) in [6.07, 6.45) is 3.86. The lowest BCUT2D eigenvalue weighted by Crippen LogP contribution is -2.25. The minimum absolute atomic E-state index is 0.0732. The molecule has 4 aromatic rings. The third-order valence-electron chi connectivity index (χ3n) is 5.33. The molecule has 0 spiro atoms. The second kappa shape index (κ2) is 9.12. The molecule has 0 aliphatic rings. The number of aryl methyl sites for hydroxylation is 1. The van der Waals surface area contributed by atoms with Gasteiger partial charge in [-0.3, -0.25) is 9.13 Å². The van der Waals surface area contributed by atoms with E-state index in [-0.39, 0.29) is 5.69 Å². The Morgan fingerprint density at radius 1 is 1.03 bits per heavy atom. The first kappa shape index (κ1) is 20.8. The number of hydrogen-bond donors (Lipinski definition) is 1. The molecule has 2 heterocycles. The van der Waals surface area contributed by atoms with E-state index in [0.29, 0.717) is 18.3 Å². The van der Waals surface area contributed by atoms with Crippen LogP contribution in [-0.2, 0) is 19.5 Å². The maximum absolute atomic E-state index is 12.9. The Bertz CT molecular complexity index is 1190. The molecule has 0 amide bonds. The highest BCUT2D eigenvalue weighted by Gasteiger charge is 2.14. The van der Waals surface area contributed by atoms with Gasteiger partial charge in [0.1, 0.15) is 0 Å². The normalized spacial score (nSPS) is 11.4. The smallest absolute Gasteiger partial charge is 0.299 e. The molecule has 0 saturated carbocycles. The molecule has 0 radical (unpaired) electrons. The van der Waals surface area contributed by atoms with Gasteiger partial charge in [0.15, 0.2) is 0 Å². The molecule has 2 aromatic carbocycles. The molecular weight excluding hydrogens is 388 g/mol. The molecule has 0 atom stereocenters. The van der Waals surface area contributed by atoms with Crippen LogP contribution in [0.1, 0.15) is 38.4 Å². The van der Waals surface area contributed by atoms with Crippen LogP contribution in [0.4, 0.5) is 0 Å². The van der Waals surface area contributed by atoms with Gasteiger partial charge in [-0.2, -0.15) is 5.21 Å². The summed E-state index contributed by atoms with van der Waals surface area (Å²) in [6, 6.07) is 16.4. The SMILES string of the molecule is CCCn1cc(CC(C)C)n(Cc2ccc(-c3ccccc3-c3nn[nH]n3)cc2)c1=O. The lowest BCUT2D eigenvalue weighted by atomic mass is 9.98. The third-order valence-corrected chi connectivity index (χ3v) is 5.33. The highest BCUT2D eigenvalue weighted by molar-refractivity contribution is 5.80. The van der Waals surface area contributed by atoms with E-state index in [0.717, 1.165) is 47.3 Å². The summed E-state index contributed by atoms with van der Waals surface area (Å²) in [5.74, 6) is 1.06. The Hall–Kier alpha value is -3.48. The Kier molecular flexibility index (Phi) is 6.11. The van der Waals surface area contributed by atoms with E-state index in [2.05, 4.69) is 71.7 Å². The van der Waals surface area contributed by atoms with Crippen LogP contribution in [-0.4, -0.2) is 29.8 Å². The lowest BCUT2D eigenvalue weighted by molar-refractivity contribution is 0.590. The number of nitrogens with zero attached hydrogens (tertiary/aromatic N) is 5. The van der Waals surface area contributed by atoms with Crippen molar-refractivity contribution in [2.24, 2.45) is 5.92 Å². The van der Waals surface area contributed by atoms with Crippen molar-refractivity contribution < 1.29 is 0 Å². The first-order valence-electron chi connectivity index (χ1n) is 10.8. The number of benzene rings is 2. The van der Waals surface area contributed by atoms with Gasteiger partial charge in [-0.05, 0) is 40.7 Å². The molecule has 7 heteroatoms. The van der Waals surface area contributed by atoms with Crippen molar-refractivity contribution in [2.45, 2.75) is 46.7 Å². The number of aromatic amines is 1. The first-order valence-corrected chi connectivity index (χ1v) is 10.8. The Morgan fingerprint density at radius 3 is 2.42 bits per heavy atom. The van der Waals surface area contributed by atoms with E-state index in [1.165, 1.54) is 0 Å². The number of nitrogens with one attached hydrogen (secondary N) is 1. The van der Waals surface area contributed by atoms with Gasteiger partial charge >= 0.3 is 5.69 Å². The van der Waals surface area contributed by atoms with Gasteiger partial charge in [0.25, 0.3) is 0 Å². The van der Waals surface area contributed by atoms with Crippen LogP contribution < -0.4 is 5.69 Å². The van der Waals surface area contributed by atoms with Crippen LogP contribution in [0.3, 0.4) is 0 Å². The van der Waals surface area contributed by atoms with Crippen molar-refractivity contribution in [3.8, 4) is 22.5 Å². The molecule has 0 aliphatic carbocycles. The summed E-state index contributed by atoms with van der Waals surface area (Å²) in [4.78, 5) is 12.9. The standard InChI is InChI=1S/C24H28N6O/c1-4-13-29-16-20(14-17(2)3)30(24(29)31)15-18-9-11-19(12-10-18)21-7-5-6-8-22(21)23-25-27-28-26-23/h5-12,16-17H,4,13-15H2,1-3H3,(H,25,26,27,28). The minimum Gasteiger partial charge on any atom is -0.299 e. The van der Waals surface area contributed by atoms with Gasteiger partial charge in [0.05, 0.1) is 6.54 Å². The maximum atomic E-state index is 12.9. The molecule has 0 unspecified atom stereocenters. The zero-order valence-corrected chi connectivity index (χ0v) is 18.2. The predicted octanol–water partition coefficient (Wildman–Crippen LogP) is 4.15. The van der Waals surface area contributed by atoms with Crippen molar-refractivity contribution in [3.05, 3.63) is 76.5 Å². The van der Waals surface area contributed by atoms with Crippen molar-refractivity contribution in [3.63, 3.8) is 0 Å². The van der Waals surface area contributed by atoms with Gasteiger partial charge in [-0.25, -0.2) is 4.79 Å². The summed E-state index contributed by atoms with van der Waals surface area (Å²) >= 11 is 0. The van der Waals surface area contributed by atoms with E-state index >= 15 is 0 Å². The van der Waals surface area contributed by atoms with Crippen molar-refractivity contribution in [2.75, 3.05) is 0 Å². The van der Waals surface area contributed by atoms with E-state index in [1.54, 1.807) is 0 Å². The average molecular weight is 417 g/mol. The van der Waals surface area contributed by atoms with Crippen LogP contribution >= 0.6 is 0 Å². The van der Waals surface area contributed by atoms with Crippen LogP contribution in [0.2, 0.25) is 0 Å². The monoisotopic (exact) mass is 416 g/mol. The third kappa shape index (κ3) is 4.50. The fourth-order valence-electron chi connectivity index (χ4n) is 3.91. The fourth-order valence-corrected chi connectivity index (χ4v) is 3.91. The van der Waals surface area contributed by atoms with Crippen molar-refractivity contribution >= 4 is 0 Å². The topological polar surface area (TPSA) is 81.4 Å². The quantitative estimate of drug-likeness (QED) is 0.468. The van der Waals surface area contributed by atoms with Crippen molar-refractivity contribution in [1.82, 2.24) is 29.8 Å². The van der Waals surface area contributed by atoms with Gasteiger partial charge < -0.3 is 0 Å². The van der Waals surface area contributed by atoms with Gasteiger partial charge in [-0.1, -0.05) is 69.3 Å². The molecule has 4 rings (SSSR count). The molecule has 0 bridgehead atoms. The number of H-pyrrole nitrogens is 1. The second-order valence-corrected chi connectivity index (χ2v) is 8.26. The number of rotatable bonds is 8. The van der Waals surface area contributed by atoms with E-state index in [1.807, 2.05) is 33.5 Å². The molecule has 160 valence electrons. The van der Waals surface area contributed by atoms with Crippen molar-refractivity contribution in [1.29, 1.82) is 0 Å². The number of tetrazole rings is 1. The largest absolute Gasteiger partial charge is 0.328 e. The number of imidazole rings is 1. The van der Waals surface area contributed by atoms with E-state index in [4.69, 9.17) is 0 Å². The second-order valence-electron chi connectivity index (χ2n) is 8.26. The van der Waals surface area contributed by atoms with E-state index in [9.17, 15) is 4.79 Å². The van der Waals surface area contributed by atoms with Crippen LogP contribution in [0.25, 0.3) is 22.5 Å². The van der Waals surface area contributed by atoms with Crippen LogP contribution in [0.15, 0.2) is 59.5 Å². The first-order chi connectivity index (χ1) is 15.1. The summed E-state index contributed by atoms with van der Waals surface area (Å²) in [7, 11) is 0.